The molecule has 8 heteroatoms. The van der Waals surface area contributed by atoms with Gasteiger partial charge in [0.25, 0.3) is 5.91 Å². The predicted octanol–water partition coefficient (Wildman–Crippen LogP) is 3.27. The smallest absolute Gasteiger partial charge is 0.412 e. The number of nitrogens with zero attached hydrogens (tertiary/aromatic N) is 4. The number of hydrogen-bond acceptors (Lipinski definition) is 5. The van der Waals surface area contributed by atoms with Gasteiger partial charge in [0.05, 0.1) is 12.7 Å². The van der Waals surface area contributed by atoms with Gasteiger partial charge in [-0.15, -0.1) is 0 Å². The second-order valence-electron chi connectivity index (χ2n) is 9.49. The average Bonchev–Trinajstić information content (AvgIpc) is 3.39. The molecular weight excluding hydrogens is 420 g/mol. The van der Waals surface area contributed by atoms with Crippen LogP contribution < -0.4 is 9.80 Å². The Balaban J connectivity index is 1.39. The van der Waals surface area contributed by atoms with Gasteiger partial charge < -0.3 is 10.0 Å². The molecule has 3 aliphatic heterocycles. The van der Waals surface area contributed by atoms with Crippen molar-refractivity contribution in [2.45, 2.75) is 44.0 Å². The number of carbonyl (C=O) groups is 2. The molecule has 0 spiro atoms. The summed E-state index contributed by atoms with van der Waals surface area (Å²) in [4.78, 5) is 37.0. The van der Waals surface area contributed by atoms with Crippen LogP contribution in [0.25, 0.3) is 0 Å². The standard InChI is InChI=1S/C25H30N4O4/c1-25-12-14-26(2)23(25)27(3)20-10-9-18(15-19(20)25)29(24(31)32)21-11-13-28(22(21)30)33-16-17-7-5-4-6-8-17/h4-10,15,21,23H,11-14,16H2,1-3H3,(H,31,32)/t21-,23+,25-/m0/s1. The molecule has 2 saturated heterocycles. The van der Waals surface area contributed by atoms with Gasteiger partial charge in [-0.3, -0.25) is 19.4 Å². The first-order valence-corrected chi connectivity index (χ1v) is 11.4. The van der Waals surface area contributed by atoms with E-state index in [4.69, 9.17) is 4.84 Å². The number of anilines is 2. The fourth-order valence-corrected chi connectivity index (χ4v) is 5.87. The molecule has 2 aromatic rings. The van der Waals surface area contributed by atoms with E-state index >= 15 is 0 Å². The zero-order valence-electron chi connectivity index (χ0n) is 19.3. The summed E-state index contributed by atoms with van der Waals surface area (Å²) in [5.41, 5.74) is 3.67. The maximum atomic E-state index is 13.1. The van der Waals surface area contributed by atoms with E-state index < -0.39 is 12.1 Å². The van der Waals surface area contributed by atoms with Crippen molar-refractivity contribution in [3.05, 3.63) is 59.7 Å². The second-order valence-corrected chi connectivity index (χ2v) is 9.49. The Morgan fingerprint density at radius 3 is 2.67 bits per heavy atom. The highest BCUT2D eigenvalue weighted by Gasteiger charge is 2.52. The van der Waals surface area contributed by atoms with Crippen molar-refractivity contribution in [1.82, 2.24) is 9.96 Å². The number of amides is 2. The summed E-state index contributed by atoms with van der Waals surface area (Å²) in [6, 6.07) is 14.6. The molecule has 174 valence electrons. The third kappa shape index (κ3) is 3.45. The Morgan fingerprint density at radius 2 is 1.94 bits per heavy atom. The molecule has 0 bridgehead atoms. The van der Waals surface area contributed by atoms with E-state index in [0.717, 1.165) is 29.8 Å². The number of carbonyl (C=O) groups excluding carboxylic acids is 1. The topological polar surface area (TPSA) is 76.6 Å². The van der Waals surface area contributed by atoms with E-state index in [1.807, 2.05) is 48.5 Å². The minimum atomic E-state index is -1.13. The number of likely N-dealkylation sites (N-methyl/N-ethyl adjacent to an activating group) is 2. The molecule has 33 heavy (non-hydrogen) atoms. The number of likely N-dealkylation sites (tertiary alicyclic amines) is 1. The Morgan fingerprint density at radius 1 is 1.18 bits per heavy atom. The normalized spacial score (nSPS) is 26.6. The fourth-order valence-electron chi connectivity index (χ4n) is 5.87. The molecule has 1 N–H and O–H groups in total. The van der Waals surface area contributed by atoms with E-state index in [-0.39, 0.29) is 24.1 Å². The van der Waals surface area contributed by atoms with E-state index in [9.17, 15) is 14.7 Å². The molecule has 0 aliphatic carbocycles. The monoisotopic (exact) mass is 450 g/mol. The first-order valence-electron chi connectivity index (χ1n) is 11.4. The van der Waals surface area contributed by atoms with Gasteiger partial charge >= 0.3 is 6.09 Å². The van der Waals surface area contributed by atoms with Crippen LogP contribution in [-0.2, 0) is 21.7 Å². The largest absolute Gasteiger partial charge is 0.465 e. The molecule has 5 rings (SSSR count). The number of hydroxylamine groups is 2. The van der Waals surface area contributed by atoms with Crippen molar-refractivity contribution in [3.8, 4) is 0 Å². The molecule has 0 aromatic heterocycles. The quantitative estimate of drug-likeness (QED) is 0.754. The van der Waals surface area contributed by atoms with Gasteiger partial charge in [0, 0.05) is 30.4 Å². The van der Waals surface area contributed by atoms with Crippen molar-refractivity contribution in [2.75, 3.05) is 37.0 Å². The summed E-state index contributed by atoms with van der Waals surface area (Å²) in [6.45, 7) is 3.87. The number of rotatable bonds is 5. The van der Waals surface area contributed by atoms with Crippen molar-refractivity contribution in [3.63, 3.8) is 0 Å². The van der Waals surface area contributed by atoms with Crippen LogP contribution in [-0.4, -0.2) is 66.5 Å². The lowest BCUT2D eigenvalue weighted by atomic mass is 9.81. The van der Waals surface area contributed by atoms with E-state index in [0.29, 0.717) is 18.7 Å². The van der Waals surface area contributed by atoms with Crippen LogP contribution in [0.5, 0.6) is 0 Å². The van der Waals surface area contributed by atoms with E-state index in [2.05, 4.69) is 30.8 Å². The highest BCUT2D eigenvalue weighted by Crippen LogP contribution is 2.51. The highest BCUT2D eigenvalue weighted by atomic mass is 16.7. The molecule has 0 unspecified atom stereocenters. The van der Waals surface area contributed by atoms with Gasteiger partial charge in [-0.1, -0.05) is 37.3 Å². The zero-order chi connectivity index (χ0) is 23.3. The summed E-state index contributed by atoms with van der Waals surface area (Å²) in [6.07, 6.45) is 0.510. The van der Waals surface area contributed by atoms with Crippen LogP contribution >= 0.6 is 0 Å². The average molecular weight is 451 g/mol. The second kappa shape index (κ2) is 8.04. The molecule has 0 saturated carbocycles. The van der Waals surface area contributed by atoms with Crippen molar-refractivity contribution in [1.29, 1.82) is 0 Å². The minimum absolute atomic E-state index is 0.0798. The number of carboxylic acid groups (broad SMARTS) is 1. The van der Waals surface area contributed by atoms with Crippen LogP contribution in [0.2, 0.25) is 0 Å². The zero-order valence-corrected chi connectivity index (χ0v) is 19.3. The first-order chi connectivity index (χ1) is 15.8. The van der Waals surface area contributed by atoms with Gasteiger partial charge in [-0.25, -0.2) is 9.86 Å². The van der Waals surface area contributed by atoms with Crippen LogP contribution in [0.3, 0.4) is 0 Å². The van der Waals surface area contributed by atoms with Crippen LogP contribution in [0.4, 0.5) is 16.2 Å². The number of fused-ring (bicyclic) bond motifs is 3. The molecule has 3 aliphatic rings. The molecule has 2 fully saturated rings. The summed E-state index contributed by atoms with van der Waals surface area (Å²) in [5, 5.41) is 11.4. The molecule has 2 amide bonds. The summed E-state index contributed by atoms with van der Waals surface area (Å²) >= 11 is 0. The Labute approximate surface area is 193 Å². The van der Waals surface area contributed by atoms with Gasteiger partial charge in [0.1, 0.15) is 12.6 Å². The molecule has 3 atom stereocenters. The van der Waals surface area contributed by atoms with E-state index in [1.54, 1.807) is 0 Å². The first kappa shape index (κ1) is 21.7. The highest BCUT2D eigenvalue weighted by molar-refractivity contribution is 5.97. The molecule has 0 radical (unpaired) electrons. The Bertz CT molecular complexity index is 1080. The summed E-state index contributed by atoms with van der Waals surface area (Å²) < 4.78 is 0. The third-order valence-electron chi connectivity index (χ3n) is 7.48. The van der Waals surface area contributed by atoms with Crippen LogP contribution in [0, 0.1) is 0 Å². The van der Waals surface area contributed by atoms with Crippen molar-refractivity contribution >= 4 is 23.4 Å². The van der Waals surface area contributed by atoms with Crippen LogP contribution in [0.15, 0.2) is 48.5 Å². The maximum Gasteiger partial charge on any atom is 0.412 e. The van der Waals surface area contributed by atoms with E-state index in [1.165, 1.54) is 9.96 Å². The van der Waals surface area contributed by atoms with Gasteiger partial charge in [-0.05, 0) is 49.2 Å². The van der Waals surface area contributed by atoms with Crippen molar-refractivity contribution < 1.29 is 19.5 Å². The SMILES string of the molecule is CN1CC[C@@]2(C)c3cc(N(C(=O)O)[C@H]4CCN(OCc5ccccc5)C4=O)ccc3N(C)[C@@H]12. The Hall–Kier alpha value is -3.10. The lowest BCUT2D eigenvalue weighted by Gasteiger charge is -2.32. The molecule has 8 nitrogen and oxygen atoms in total. The lowest BCUT2D eigenvalue weighted by Crippen LogP contribution is -2.45. The van der Waals surface area contributed by atoms with Gasteiger partial charge in [-0.2, -0.15) is 0 Å². The maximum absolute atomic E-state index is 13.1. The van der Waals surface area contributed by atoms with Crippen LogP contribution in [0.1, 0.15) is 30.9 Å². The van der Waals surface area contributed by atoms with Crippen molar-refractivity contribution in [2.24, 2.45) is 0 Å². The summed E-state index contributed by atoms with van der Waals surface area (Å²) in [5.74, 6) is -0.323. The Kier molecular flexibility index (Phi) is 5.29. The predicted molar refractivity (Wildman–Crippen MR) is 125 cm³/mol. The van der Waals surface area contributed by atoms with Gasteiger partial charge in [0.15, 0.2) is 0 Å². The fraction of sp³-hybridized carbons (Fsp3) is 0.440. The molecule has 3 heterocycles. The lowest BCUT2D eigenvalue weighted by molar-refractivity contribution is -0.182. The number of benzene rings is 2. The number of hydrogen-bond donors (Lipinski definition) is 1. The molecule has 2 aromatic carbocycles. The minimum Gasteiger partial charge on any atom is -0.465 e. The molecular formula is C25H30N4O4. The van der Waals surface area contributed by atoms with Gasteiger partial charge in [0.2, 0.25) is 0 Å². The summed E-state index contributed by atoms with van der Waals surface area (Å²) in [7, 11) is 4.22. The third-order valence-corrected chi connectivity index (χ3v) is 7.48.